The van der Waals surface area contributed by atoms with E-state index in [1.165, 1.54) is 0 Å². The topological polar surface area (TPSA) is 57.5 Å². The number of rotatable bonds is 1. The van der Waals surface area contributed by atoms with Crippen LogP contribution in [-0.4, -0.2) is 21.8 Å². The van der Waals surface area contributed by atoms with Crippen molar-refractivity contribution < 1.29 is 15.0 Å². The highest BCUT2D eigenvalue weighted by atomic mass is 16.4. The van der Waals surface area contributed by atoms with Crippen LogP contribution in [0, 0.1) is 5.41 Å². The van der Waals surface area contributed by atoms with Crippen LogP contribution in [0.3, 0.4) is 0 Å². The highest BCUT2D eigenvalue weighted by Crippen LogP contribution is 2.34. The smallest absolute Gasteiger partial charge is 0.313 e. The van der Waals surface area contributed by atoms with E-state index in [2.05, 4.69) is 0 Å². The van der Waals surface area contributed by atoms with E-state index >= 15 is 0 Å². The Balaban J connectivity index is 2.84. The molecule has 0 aliphatic heterocycles. The van der Waals surface area contributed by atoms with Gasteiger partial charge in [-0.25, -0.2) is 0 Å². The van der Waals surface area contributed by atoms with Gasteiger partial charge in [0.05, 0.1) is 11.0 Å². The Kier molecular flexibility index (Phi) is 2.00. The molecule has 0 aromatic rings. The molecule has 3 heteroatoms. The zero-order valence-corrected chi connectivity index (χ0v) is 7.37. The molecule has 2 atom stereocenters. The van der Waals surface area contributed by atoms with Gasteiger partial charge in [0.2, 0.25) is 0 Å². The number of carboxylic acid groups (broad SMARTS) is 1. The van der Waals surface area contributed by atoms with Gasteiger partial charge in [-0.1, -0.05) is 12.2 Å². The van der Waals surface area contributed by atoms with E-state index in [0.717, 1.165) is 0 Å². The van der Waals surface area contributed by atoms with Crippen LogP contribution in [0.2, 0.25) is 0 Å². The fourth-order valence-electron chi connectivity index (χ4n) is 1.22. The summed E-state index contributed by atoms with van der Waals surface area (Å²) >= 11 is 0. The van der Waals surface area contributed by atoms with Crippen LogP contribution in [0.15, 0.2) is 12.2 Å². The molecular weight excluding hydrogens is 156 g/mol. The molecule has 0 bridgehead atoms. The summed E-state index contributed by atoms with van der Waals surface area (Å²) in [7, 11) is 0. The van der Waals surface area contributed by atoms with E-state index < -0.39 is 17.0 Å². The van der Waals surface area contributed by atoms with Crippen molar-refractivity contribution in [1.29, 1.82) is 0 Å². The van der Waals surface area contributed by atoms with Gasteiger partial charge in [-0.15, -0.1) is 0 Å². The van der Waals surface area contributed by atoms with E-state index in [1.54, 1.807) is 26.0 Å². The van der Waals surface area contributed by atoms with Crippen LogP contribution in [0.5, 0.6) is 0 Å². The lowest BCUT2D eigenvalue weighted by Gasteiger charge is -2.31. The zero-order valence-electron chi connectivity index (χ0n) is 7.37. The Labute approximate surface area is 71.7 Å². The summed E-state index contributed by atoms with van der Waals surface area (Å²) in [4.78, 5) is 10.8. The zero-order chi connectivity index (χ0) is 9.41. The second-order valence-electron chi connectivity index (χ2n) is 3.91. The van der Waals surface area contributed by atoms with Crippen molar-refractivity contribution in [3.05, 3.63) is 12.2 Å². The molecule has 0 saturated heterocycles. The fourth-order valence-corrected chi connectivity index (χ4v) is 1.22. The molecule has 3 nitrogen and oxygen atoms in total. The van der Waals surface area contributed by atoms with Crippen molar-refractivity contribution in [2.45, 2.75) is 32.3 Å². The first kappa shape index (κ1) is 9.26. The maximum Gasteiger partial charge on any atom is 0.313 e. The average Bonchev–Trinajstić information content (AvgIpc) is 1.96. The lowest BCUT2D eigenvalue weighted by molar-refractivity contribution is -0.146. The third-order valence-electron chi connectivity index (χ3n) is 2.45. The monoisotopic (exact) mass is 170 g/mol. The predicted molar refractivity (Wildman–Crippen MR) is 44.7 cm³/mol. The van der Waals surface area contributed by atoms with Gasteiger partial charge in [0.1, 0.15) is 0 Å². The van der Waals surface area contributed by atoms with Crippen molar-refractivity contribution in [3.8, 4) is 0 Å². The van der Waals surface area contributed by atoms with Gasteiger partial charge in [-0.3, -0.25) is 4.79 Å². The van der Waals surface area contributed by atoms with Crippen molar-refractivity contribution in [1.82, 2.24) is 0 Å². The molecule has 0 saturated carbocycles. The van der Waals surface area contributed by atoms with E-state index in [9.17, 15) is 9.90 Å². The van der Waals surface area contributed by atoms with Gasteiger partial charge in [-0.2, -0.15) is 0 Å². The predicted octanol–water partition coefficient (Wildman–Crippen LogP) is 1.18. The van der Waals surface area contributed by atoms with Crippen LogP contribution in [-0.2, 0) is 4.79 Å². The first-order valence-corrected chi connectivity index (χ1v) is 4.02. The summed E-state index contributed by atoms with van der Waals surface area (Å²) in [5.41, 5.74) is -1.61. The lowest BCUT2D eigenvalue weighted by Crippen LogP contribution is -2.34. The molecule has 2 unspecified atom stereocenters. The first-order chi connectivity index (χ1) is 5.36. The lowest BCUT2D eigenvalue weighted by atomic mass is 9.76. The Morgan fingerprint density at radius 1 is 1.33 bits per heavy atom. The summed E-state index contributed by atoms with van der Waals surface area (Å²) < 4.78 is 0. The number of hydrogen-bond acceptors (Lipinski definition) is 2. The van der Waals surface area contributed by atoms with Gasteiger partial charge in [0, 0.05) is 0 Å². The first-order valence-electron chi connectivity index (χ1n) is 4.02. The maximum atomic E-state index is 10.8. The minimum atomic E-state index is -0.825. The molecule has 0 heterocycles. The van der Waals surface area contributed by atoms with Crippen molar-refractivity contribution >= 4 is 5.97 Å². The number of carboxylic acids is 1. The van der Waals surface area contributed by atoms with Gasteiger partial charge < -0.3 is 10.2 Å². The van der Waals surface area contributed by atoms with Crippen molar-refractivity contribution in [2.24, 2.45) is 5.41 Å². The van der Waals surface area contributed by atoms with Crippen LogP contribution >= 0.6 is 0 Å². The van der Waals surface area contributed by atoms with Crippen LogP contribution in [0.1, 0.15) is 26.7 Å². The number of aliphatic hydroxyl groups is 1. The number of carbonyl (C=O) groups is 1. The highest BCUT2D eigenvalue weighted by Gasteiger charge is 2.36. The van der Waals surface area contributed by atoms with Crippen LogP contribution < -0.4 is 0 Å². The third kappa shape index (κ3) is 1.67. The molecule has 1 rings (SSSR count). The molecule has 0 spiro atoms. The SMILES string of the molecule is CC1(O)C=CC(C)(C(=O)O)CC1. The molecule has 0 fully saturated rings. The summed E-state index contributed by atoms with van der Waals surface area (Å²) in [6, 6.07) is 0. The molecule has 1 aliphatic rings. The van der Waals surface area contributed by atoms with Crippen LogP contribution in [0.25, 0.3) is 0 Å². The molecule has 0 aromatic carbocycles. The molecular formula is C9H14O3. The molecule has 0 amide bonds. The Hall–Kier alpha value is -0.830. The normalized spacial score (nSPS) is 41.2. The number of aliphatic carboxylic acids is 1. The standard InChI is InChI=1S/C9H14O3/c1-8(7(10)11)3-5-9(2,12)6-4-8/h3,5,12H,4,6H2,1-2H3,(H,10,11). The van der Waals surface area contributed by atoms with E-state index in [1.807, 2.05) is 0 Å². The second-order valence-corrected chi connectivity index (χ2v) is 3.91. The molecule has 0 aromatic heterocycles. The average molecular weight is 170 g/mol. The minimum Gasteiger partial charge on any atom is -0.481 e. The van der Waals surface area contributed by atoms with Gasteiger partial charge in [0.15, 0.2) is 0 Å². The molecule has 68 valence electrons. The summed E-state index contributed by atoms with van der Waals surface area (Å²) in [6.07, 6.45) is 4.15. The second kappa shape index (κ2) is 2.59. The summed E-state index contributed by atoms with van der Waals surface area (Å²) in [5, 5.41) is 18.3. The highest BCUT2D eigenvalue weighted by molar-refractivity contribution is 5.76. The minimum absolute atomic E-state index is 0.492. The molecule has 1 aliphatic carbocycles. The van der Waals surface area contributed by atoms with Gasteiger partial charge in [-0.05, 0) is 26.7 Å². The van der Waals surface area contributed by atoms with Crippen molar-refractivity contribution in [2.75, 3.05) is 0 Å². The van der Waals surface area contributed by atoms with E-state index in [4.69, 9.17) is 5.11 Å². The summed E-state index contributed by atoms with van der Waals surface area (Å²) in [6.45, 7) is 3.35. The quantitative estimate of drug-likeness (QED) is 0.581. The Bertz CT molecular complexity index is 230. The van der Waals surface area contributed by atoms with Crippen LogP contribution in [0.4, 0.5) is 0 Å². The van der Waals surface area contributed by atoms with E-state index in [0.29, 0.717) is 12.8 Å². The fraction of sp³-hybridized carbons (Fsp3) is 0.667. The third-order valence-corrected chi connectivity index (χ3v) is 2.45. The van der Waals surface area contributed by atoms with Gasteiger partial charge in [0.25, 0.3) is 0 Å². The Morgan fingerprint density at radius 2 is 1.92 bits per heavy atom. The summed E-state index contributed by atoms with van der Waals surface area (Å²) in [5.74, 6) is -0.825. The van der Waals surface area contributed by atoms with Gasteiger partial charge >= 0.3 is 5.97 Å². The van der Waals surface area contributed by atoms with E-state index in [-0.39, 0.29) is 0 Å². The Morgan fingerprint density at radius 3 is 2.25 bits per heavy atom. The maximum absolute atomic E-state index is 10.8. The number of hydrogen-bond donors (Lipinski definition) is 2. The largest absolute Gasteiger partial charge is 0.481 e. The van der Waals surface area contributed by atoms with Crippen molar-refractivity contribution in [3.63, 3.8) is 0 Å². The molecule has 0 radical (unpaired) electrons. The molecule has 12 heavy (non-hydrogen) atoms. The molecule has 2 N–H and O–H groups in total.